The predicted molar refractivity (Wildman–Crippen MR) is 115 cm³/mol. The van der Waals surface area contributed by atoms with Gasteiger partial charge in [0.25, 0.3) is 5.56 Å². The van der Waals surface area contributed by atoms with Crippen LogP contribution >= 0.6 is 11.3 Å². The summed E-state index contributed by atoms with van der Waals surface area (Å²) in [5, 5.41) is 3.97. The molecule has 1 atom stereocenters. The summed E-state index contributed by atoms with van der Waals surface area (Å²) in [6.07, 6.45) is 2.12. The highest BCUT2D eigenvalue weighted by atomic mass is 32.2. The molecular formula is C20H18N4O4S2. The fourth-order valence-corrected chi connectivity index (χ4v) is 5.02. The highest BCUT2D eigenvalue weighted by molar-refractivity contribution is 7.89. The van der Waals surface area contributed by atoms with Crippen LogP contribution in [0.2, 0.25) is 0 Å². The Morgan fingerprint density at radius 2 is 1.97 bits per heavy atom. The van der Waals surface area contributed by atoms with E-state index in [9.17, 15) is 18.0 Å². The van der Waals surface area contributed by atoms with Crippen molar-refractivity contribution in [1.82, 2.24) is 19.7 Å². The molecule has 0 aliphatic heterocycles. The molecule has 4 aromatic rings. The third kappa shape index (κ3) is 4.25. The zero-order valence-electron chi connectivity index (χ0n) is 15.9. The normalized spacial score (nSPS) is 12.8. The van der Waals surface area contributed by atoms with Crippen LogP contribution in [0, 0.1) is 6.92 Å². The van der Waals surface area contributed by atoms with Gasteiger partial charge >= 0.3 is 5.69 Å². The van der Waals surface area contributed by atoms with Gasteiger partial charge in [-0.2, -0.15) is 11.3 Å². The molecule has 0 aliphatic rings. The van der Waals surface area contributed by atoms with Gasteiger partial charge in [-0.25, -0.2) is 17.9 Å². The molecular weight excluding hydrogens is 424 g/mol. The molecule has 3 heterocycles. The summed E-state index contributed by atoms with van der Waals surface area (Å²) in [6, 6.07) is 9.02. The van der Waals surface area contributed by atoms with Crippen molar-refractivity contribution in [1.29, 1.82) is 0 Å². The number of benzene rings is 1. The lowest BCUT2D eigenvalue weighted by atomic mass is 10.1. The van der Waals surface area contributed by atoms with Gasteiger partial charge < -0.3 is 4.98 Å². The maximum atomic E-state index is 13.1. The molecule has 0 amide bonds. The van der Waals surface area contributed by atoms with Crippen LogP contribution in [0.1, 0.15) is 22.9 Å². The molecule has 30 heavy (non-hydrogen) atoms. The molecule has 0 saturated carbocycles. The second-order valence-corrected chi connectivity index (χ2v) is 9.38. The molecule has 0 aliphatic carbocycles. The minimum atomic E-state index is -3.97. The number of fused-ring (bicyclic) bond motifs is 1. The first-order valence-electron chi connectivity index (χ1n) is 9.04. The Morgan fingerprint density at radius 3 is 2.67 bits per heavy atom. The molecule has 0 bridgehead atoms. The fraction of sp³-hybridized carbons (Fsp3) is 0.150. The van der Waals surface area contributed by atoms with Crippen molar-refractivity contribution in [3.63, 3.8) is 0 Å². The van der Waals surface area contributed by atoms with Gasteiger partial charge in [0.1, 0.15) is 0 Å². The summed E-state index contributed by atoms with van der Waals surface area (Å²) < 4.78 is 28.9. The summed E-state index contributed by atoms with van der Waals surface area (Å²) >= 11 is 1.53. The van der Waals surface area contributed by atoms with Crippen LogP contribution in [0.15, 0.2) is 67.8 Å². The van der Waals surface area contributed by atoms with Crippen molar-refractivity contribution < 1.29 is 8.42 Å². The van der Waals surface area contributed by atoms with E-state index in [1.165, 1.54) is 29.5 Å². The summed E-state index contributed by atoms with van der Waals surface area (Å²) in [6.45, 7) is 1.91. The Hall–Kier alpha value is -3.08. The summed E-state index contributed by atoms with van der Waals surface area (Å²) in [7, 11) is -3.97. The number of hydrogen-bond donors (Lipinski definition) is 3. The number of aryl methyl sites for hydroxylation is 1. The monoisotopic (exact) mass is 442 g/mol. The van der Waals surface area contributed by atoms with E-state index in [-0.39, 0.29) is 15.8 Å². The van der Waals surface area contributed by atoms with Crippen LogP contribution in [0.5, 0.6) is 0 Å². The number of sulfonamides is 1. The third-order valence-corrected chi connectivity index (χ3v) is 6.83. The third-order valence-electron chi connectivity index (χ3n) is 4.63. The average molecular weight is 443 g/mol. The lowest BCUT2D eigenvalue weighted by Gasteiger charge is -2.18. The molecule has 3 aromatic heterocycles. The molecule has 3 N–H and O–H groups in total. The summed E-state index contributed by atoms with van der Waals surface area (Å²) in [5.41, 5.74) is 1.51. The van der Waals surface area contributed by atoms with Crippen LogP contribution in [0.4, 0.5) is 0 Å². The van der Waals surface area contributed by atoms with E-state index in [0.29, 0.717) is 12.1 Å². The lowest BCUT2D eigenvalue weighted by Crippen LogP contribution is -2.31. The van der Waals surface area contributed by atoms with Gasteiger partial charge in [-0.05, 0) is 65.6 Å². The smallest absolute Gasteiger partial charge is 0.307 e. The van der Waals surface area contributed by atoms with E-state index in [2.05, 4.69) is 19.7 Å². The van der Waals surface area contributed by atoms with E-state index < -0.39 is 27.3 Å². The van der Waals surface area contributed by atoms with E-state index in [1.807, 2.05) is 29.8 Å². The molecule has 8 nitrogen and oxygen atoms in total. The van der Waals surface area contributed by atoms with Gasteiger partial charge in [0.05, 0.1) is 27.5 Å². The number of pyridine rings is 1. The van der Waals surface area contributed by atoms with Crippen molar-refractivity contribution in [2.75, 3.05) is 0 Å². The quantitative estimate of drug-likeness (QED) is 0.422. The standard InChI is InChI=1S/C20H18N4O4S2/c1-12-2-4-17(21-10-12)18(8-13-6-7-29-11-13)24-30(27,28)14-3-5-16-15(9-14)19(25)23-20(26)22-16/h2-7,9-11,18,24H,8H2,1H3,(H2,22,23,25,26). The van der Waals surface area contributed by atoms with E-state index in [4.69, 9.17) is 0 Å². The lowest BCUT2D eigenvalue weighted by molar-refractivity contribution is 0.550. The van der Waals surface area contributed by atoms with Gasteiger partial charge in [-0.1, -0.05) is 6.07 Å². The molecule has 154 valence electrons. The van der Waals surface area contributed by atoms with Gasteiger partial charge in [0, 0.05) is 6.20 Å². The summed E-state index contributed by atoms with van der Waals surface area (Å²) in [5.74, 6) is 0. The molecule has 4 rings (SSSR count). The molecule has 0 fully saturated rings. The zero-order valence-corrected chi connectivity index (χ0v) is 17.5. The van der Waals surface area contributed by atoms with Gasteiger partial charge in [-0.3, -0.25) is 14.8 Å². The Balaban J connectivity index is 1.72. The van der Waals surface area contributed by atoms with Gasteiger partial charge in [0.15, 0.2) is 0 Å². The first-order chi connectivity index (χ1) is 14.3. The predicted octanol–water partition coefficient (Wildman–Crippen LogP) is 2.24. The molecule has 10 heteroatoms. The van der Waals surface area contributed by atoms with Crippen LogP contribution in [-0.2, 0) is 16.4 Å². The minimum absolute atomic E-state index is 0.0741. The number of H-pyrrole nitrogens is 2. The fourth-order valence-electron chi connectivity index (χ4n) is 3.10. The van der Waals surface area contributed by atoms with E-state index in [1.54, 1.807) is 12.3 Å². The SMILES string of the molecule is Cc1ccc(C(Cc2ccsc2)NS(=O)(=O)c2ccc3[nH]c(=O)[nH]c(=O)c3c2)nc1. The first kappa shape index (κ1) is 20.2. The maximum Gasteiger partial charge on any atom is 0.326 e. The minimum Gasteiger partial charge on any atom is -0.307 e. The van der Waals surface area contributed by atoms with E-state index >= 15 is 0 Å². The van der Waals surface area contributed by atoms with E-state index in [0.717, 1.165) is 11.1 Å². The van der Waals surface area contributed by atoms with Crippen molar-refractivity contribution in [3.8, 4) is 0 Å². The number of hydrogen-bond acceptors (Lipinski definition) is 6. The van der Waals surface area contributed by atoms with Crippen LogP contribution in [0.3, 0.4) is 0 Å². The Bertz CT molecular complexity index is 1410. The molecule has 1 aromatic carbocycles. The van der Waals surface area contributed by atoms with Crippen LogP contribution in [-0.4, -0.2) is 23.4 Å². The highest BCUT2D eigenvalue weighted by Crippen LogP contribution is 2.22. The number of rotatable bonds is 6. The average Bonchev–Trinajstić information content (AvgIpc) is 3.20. The first-order valence-corrected chi connectivity index (χ1v) is 11.5. The largest absolute Gasteiger partial charge is 0.326 e. The zero-order chi connectivity index (χ0) is 21.3. The molecule has 1 unspecified atom stereocenters. The van der Waals surface area contributed by atoms with Crippen LogP contribution in [0.25, 0.3) is 10.9 Å². The van der Waals surface area contributed by atoms with Crippen molar-refractivity contribution in [2.45, 2.75) is 24.3 Å². The molecule has 0 spiro atoms. The van der Waals surface area contributed by atoms with Gasteiger partial charge in [-0.15, -0.1) is 0 Å². The topological polar surface area (TPSA) is 125 Å². The van der Waals surface area contributed by atoms with Crippen molar-refractivity contribution >= 4 is 32.3 Å². The highest BCUT2D eigenvalue weighted by Gasteiger charge is 2.23. The van der Waals surface area contributed by atoms with Crippen LogP contribution < -0.4 is 16.0 Å². The summed E-state index contributed by atoms with van der Waals surface area (Å²) in [4.78, 5) is 32.4. The Kier molecular flexibility index (Phi) is 5.37. The second kappa shape index (κ2) is 7.98. The number of aromatic amines is 2. The molecule has 0 saturated heterocycles. The van der Waals surface area contributed by atoms with Crippen molar-refractivity contribution in [3.05, 3.63) is 91.0 Å². The Morgan fingerprint density at radius 1 is 1.13 bits per heavy atom. The molecule has 0 radical (unpaired) electrons. The van der Waals surface area contributed by atoms with Gasteiger partial charge in [0.2, 0.25) is 10.0 Å². The number of thiophene rings is 1. The Labute approximate surface area is 175 Å². The maximum absolute atomic E-state index is 13.1. The number of nitrogens with one attached hydrogen (secondary N) is 3. The second-order valence-electron chi connectivity index (χ2n) is 6.89. The number of aromatic nitrogens is 3. The van der Waals surface area contributed by atoms with Crippen molar-refractivity contribution in [2.24, 2.45) is 0 Å². The number of nitrogens with zero attached hydrogens (tertiary/aromatic N) is 1.